The smallest absolute Gasteiger partial charge is 0.0588 e. The van der Waals surface area contributed by atoms with Crippen molar-refractivity contribution in [1.82, 2.24) is 10.2 Å². The Bertz CT molecular complexity index is 228. The lowest BCUT2D eigenvalue weighted by Crippen LogP contribution is -2.51. The minimum absolute atomic E-state index is 0.529. The molecule has 4 atom stereocenters. The molecule has 2 aliphatic rings. The van der Waals surface area contributed by atoms with Crippen LogP contribution in [0.25, 0.3) is 0 Å². The van der Waals surface area contributed by atoms with Crippen molar-refractivity contribution >= 4 is 0 Å². The fraction of sp³-hybridized carbons (Fsp3) is 1.00. The summed E-state index contributed by atoms with van der Waals surface area (Å²) in [7, 11) is 2.24. The van der Waals surface area contributed by atoms with E-state index in [-0.39, 0.29) is 0 Å². The molecule has 0 amide bonds. The monoisotopic (exact) mass is 240 g/mol. The van der Waals surface area contributed by atoms with Crippen LogP contribution in [0.2, 0.25) is 0 Å². The molecule has 2 saturated heterocycles. The second-order valence-electron chi connectivity index (χ2n) is 5.99. The van der Waals surface area contributed by atoms with Gasteiger partial charge in [-0.15, -0.1) is 0 Å². The Hall–Kier alpha value is -0.120. The maximum absolute atomic E-state index is 5.66. The van der Waals surface area contributed by atoms with Gasteiger partial charge in [0.1, 0.15) is 0 Å². The van der Waals surface area contributed by atoms with Crippen LogP contribution >= 0.6 is 0 Å². The van der Waals surface area contributed by atoms with Crippen molar-refractivity contribution < 1.29 is 4.74 Å². The molecule has 3 nitrogen and oxygen atoms in total. The normalized spacial score (nSPS) is 39.7. The molecule has 0 saturated carbocycles. The summed E-state index contributed by atoms with van der Waals surface area (Å²) in [5.41, 5.74) is 0. The van der Waals surface area contributed by atoms with Crippen molar-refractivity contribution in [2.75, 3.05) is 26.7 Å². The summed E-state index contributed by atoms with van der Waals surface area (Å²) >= 11 is 0. The van der Waals surface area contributed by atoms with Gasteiger partial charge >= 0.3 is 0 Å². The predicted molar refractivity (Wildman–Crippen MR) is 71.3 cm³/mol. The van der Waals surface area contributed by atoms with E-state index in [1.807, 2.05) is 0 Å². The topological polar surface area (TPSA) is 24.5 Å². The molecule has 17 heavy (non-hydrogen) atoms. The van der Waals surface area contributed by atoms with E-state index < -0.39 is 0 Å². The summed E-state index contributed by atoms with van der Waals surface area (Å²) < 4.78 is 5.66. The molecule has 0 aromatic rings. The molecule has 2 fully saturated rings. The molecule has 0 spiro atoms. The molecular weight excluding hydrogens is 212 g/mol. The van der Waals surface area contributed by atoms with Gasteiger partial charge in [0.2, 0.25) is 0 Å². The zero-order valence-electron chi connectivity index (χ0n) is 11.6. The third-order valence-electron chi connectivity index (χ3n) is 4.51. The highest BCUT2D eigenvalue weighted by molar-refractivity contribution is 4.86. The van der Waals surface area contributed by atoms with Gasteiger partial charge in [-0.1, -0.05) is 6.92 Å². The Morgan fingerprint density at radius 3 is 2.88 bits per heavy atom. The standard InChI is InChI=1S/C14H28N2O/c1-11-10-16(3)12(2)9-14(11)15-7-6-13-5-4-8-17-13/h11-15H,4-10H2,1-3H3. The zero-order valence-corrected chi connectivity index (χ0v) is 11.6. The van der Waals surface area contributed by atoms with Gasteiger partial charge in [0.15, 0.2) is 0 Å². The predicted octanol–water partition coefficient (Wildman–Crippen LogP) is 1.87. The first-order valence-electron chi connectivity index (χ1n) is 7.22. The van der Waals surface area contributed by atoms with E-state index in [9.17, 15) is 0 Å². The molecular formula is C14H28N2O. The van der Waals surface area contributed by atoms with Crippen LogP contribution in [-0.2, 0) is 4.74 Å². The molecule has 0 aromatic carbocycles. The second-order valence-corrected chi connectivity index (χ2v) is 5.99. The van der Waals surface area contributed by atoms with Crippen LogP contribution in [0, 0.1) is 5.92 Å². The van der Waals surface area contributed by atoms with Crippen molar-refractivity contribution in [3.63, 3.8) is 0 Å². The Balaban J connectivity index is 1.67. The van der Waals surface area contributed by atoms with E-state index in [1.165, 1.54) is 32.2 Å². The number of likely N-dealkylation sites (tertiary alicyclic amines) is 1. The molecule has 2 heterocycles. The van der Waals surface area contributed by atoms with E-state index >= 15 is 0 Å². The van der Waals surface area contributed by atoms with Crippen molar-refractivity contribution in [3.8, 4) is 0 Å². The van der Waals surface area contributed by atoms with Crippen LogP contribution in [0.5, 0.6) is 0 Å². The number of nitrogens with one attached hydrogen (secondary N) is 1. The lowest BCUT2D eigenvalue weighted by molar-refractivity contribution is 0.0947. The van der Waals surface area contributed by atoms with Crippen LogP contribution in [0.1, 0.15) is 39.5 Å². The highest BCUT2D eigenvalue weighted by Gasteiger charge is 2.28. The second kappa shape index (κ2) is 6.17. The average molecular weight is 240 g/mol. The molecule has 0 aromatic heterocycles. The van der Waals surface area contributed by atoms with Gasteiger partial charge in [-0.3, -0.25) is 0 Å². The van der Waals surface area contributed by atoms with E-state index in [0.29, 0.717) is 18.2 Å². The number of hydrogen-bond acceptors (Lipinski definition) is 3. The van der Waals surface area contributed by atoms with Crippen molar-refractivity contribution in [1.29, 1.82) is 0 Å². The summed E-state index contributed by atoms with van der Waals surface area (Å²) in [6, 6.07) is 1.41. The largest absolute Gasteiger partial charge is 0.378 e. The number of rotatable bonds is 4. The van der Waals surface area contributed by atoms with Crippen LogP contribution < -0.4 is 5.32 Å². The summed E-state index contributed by atoms with van der Waals surface area (Å²) in [6.45, 7) is 8.02. The fourth-order valence-corrected chi connectivity index (χ4v) is 3.13. The van der Waals surface area contributed by atoms with Gasteiger partial charge in [-0.05, 0) is 52.1 Å². The lowest BCUT2D eigenvalue weighted by atomic mass is 9.90. The third-order valence-corrected chi connectivity index (χ3v) is 4.51. The molecule has 0 aliphatic carbocycles. The SMILES string of the molecule is CC1CN(C)C(C)CC1NCCC1CCCO1. The molecule has 0 radical (unpaired) electrons. The minimum Gasteiger partial charge on any atom is -0.378 e. The molecule has 0 bridgehead atoms. The van der Waals surface area contributed by atoms with Crippen molar-refractivity contribution in [2.24, 2.45) is 5.92 Å². The maximum atomic E-state index is 5.66. The first kappa shape index (κ1) is 13.3. The number of hydrogen-bond donors (Lipinski definition) is 1. The van der Waals surface area contributed by atoms with Gasteiger partial charge < -0.3 is 15.0 Å². The molecule has 3 heteroatoms. The van der Waals surface area contributed by atoms with Crippen LogP contribution in [0.15, 0.2) is 0 Å². The Morgan fingerprint density at radius 2 is 2.18 bits per heavy atom. The summed E-state index contributed by atoms with van der Waals surface area (Å²) in [4.78, 5) is 2.48. The first-order chi connectivity index (χ1) is 8.16. The van der Waals surface area contributed by atoms with Gasteiger partial charge in [0, 0.05) is 25.2 Å². The third kappa shape index (κ3) is 3.67. The average Bonchev–Trinajstić information content (AvgIpc) is 2.78. The van der Waals surface area contributed by atoms with Crippen LogP contribution in [0.3, 0.4) is 0 Å². The van der Waals surface area contributed by atoms with Gasteiger partial charge in [-0.2, -0.15) is 0 Å². The van der Waals surface area contributed by atoms with Gasteiger partial charge in [0.05, 0.1) is 6.10 Å². The minimum atomic E-state index is 0.529. The van der Waals surface area contributed by atoms with E-state index in [0.717, 1.165) is 19.1 Å². The number of ether oxygens (including phenoxy) is 1. The quantitative estimate of drug-likeness (QED) is 0.812. The van der Waals surface area contributed by atoms with Gasteiger partial charge in [-0.25, -0.2) is 0 Å². The summed E-state index contributed by atoms with van der Waals surface area (Å²) in [5.74, 6) is 0.765. The molecule has 100 valence electrons. The van der Waals surface area contributed by atoms with Crippen LogP contribution in [0.4, 0.5) is 0 Å². The molecule has 2 rings (SSSR count). The Kier molecular flexibility index (Phi) is 4.83. The highest BCUT2D eigenvalue weighted by atomic mass is 16.5. The summed E-state index contributed by atoms with van der Waals surface area (Å²) in [6.07, 6.45) is 5.52. The Labute approximate surface area is 106 Å². The number of nitrogens with zero attached hydrogens (tertiary/aromatic N) is 1. The van der Waals surface area contributed by atoms with Crippen molar-refractivity contribution in [3.05, 3.63) is 0 Å². The van der Waals surface area contributed by atoms with Crippen LogP contribution in [-0.4, -0.2) is 49.8 Å². The van der Waals surface area contributed by atoms with E-state index in [1.54, 1.807) is 0 Å². The first-order valence-corrected chi connectivity index (χ1v) is 7.22. The van der Waals surface area contributed by atoms with Crippen molar-refractivity contribution in [2.45, 2.75) is 57.7 Å². The van der Waals surface area contributed by atoms with E-state index in [4.69, 9.17) is 4.74 Å². The fourth-order valence-electron chi connectivity index (χ4n) is 3.13. The molecule has 2 aliphatic heterocycles. The lowest BCUT2D eigenvalue weighted by Gasteiger charge is -2.40. The highest BCUT2D eigenvalue weighted by Crippen LogP contribution is 2.21. The summed E-state index contributed by atoms with van der Waals surface area (Å²) in [5, 5.41) is 3.74. The molecule has 4 unspecified atom stereocenters. The molecule has 1 N–H and O–H groups in total. The number of piperidine rings is 1. The zero-order chi connectivity index (χ0) is 12.3. The van der Waals surface area contributed by atoms with E-state index in [2.05, 4.69) is 31.1 Å². The van der Waals surface area contributed by atoms with Gasteiger partial charge in [0.25, 0.3) is 0 Å². The Morgan fingerprint density at radius 1 is 1.35 bits per heavy atom. The maximum Gasteiger partial charge on any atom is 0.0588 e.